The number of amides is 2. The van der Waals surface area contributed by atoms with Gasteiger partial charge in [0.15, 0.2) is 5.82 Å². The molecule has 1 aromatic heterocycles. The lowest BCUT2D eigenvalue weighted by atomic mass is 10.3. The van der Waals surface area contributed by atoms with Gasteiger partial charge < -0.3 is 19.8 Å². The third-order valence-electron chi connectivity index (χ3n) is 2.46. The van der Waals surface area contributed by atoms with Crippen LogP contribution in [-0.4, -0.2) is 56.4 Å². The van der Waals surface area contributed by atoms with Gasteiger partial charge in [-0.05, 0) is 0 Å². The minimum absolute atomic E-state index is 0.339. The third-order valence-corrected chi connectivity index (χ3v) is 3.47. The number of aliphatic carboxylic acids is 1. The van der Waals surface area contributed by atoms with Crippen LogP contribution in [-0.2, 0) is 11.2 Å². The quantitative estimate of drug-likeness (QED) is 0.780. The lowest BCUT2D eigenvalue weighted by Gasteiger charge is -2.20. The summed E-state index contributed by atoms with van der Waals surface area (Å²) in [6.45, 7) is 0.339. The molecule has 2 heterocycles. The molecule has 1 atom stereocenters. The number of carboxylic acid groups (broad SMARTS) is 1. The van der Waals surface area contributed by atoms with Crippen LogP contribution in [0.25, 0.3) is 0 Å². The van der Waals surface area contributed by atoms with Gasteiger partial charge in [-0.3, -0.25) is 0 Å². The first kappa shape index (κ1) is 12.7. The Hall–Kier alpha value is -1.77. The van der Waals surface area contributed by atoms with Crippen LogP contribution in [0.1, 0.15) is 5.82 Å². The maximum absolute atomic E-state index is 11.8. The molecule has 0 saturated carbocycles. The lowest BCUT2D eigenvalue weighted by molar-refractivity contribution is -0.140. The molecule has 2 amide bonds. The standard InChI is InChI=1S/C9H12N4O4S/c14-8(15)6-3-18-5-13(6)9(16)10-2-1-7-11-4-17-12-7/h4,6H,1-3,5H2,(H,10,16)(H,14,15)/t6-/m0/s1. The van der Waals surface area contributed by atoms with Crippen LogP contribution >= 0.6 is 11.8 Å². The molecule has 1 aliphatic heterocycles. The summed E-state index contributed by atoms with van der Waals surface area (Å²) >= 11 is 1.42. The highest BCUT2D eigenvalue weighted by molar-refractivity contribution is 7.99. The Morgan fingerprint density at radius 3 is 3.17 bits per heavy atom. The van der Waals surface area contributed by atoms with Crippen molar-refractivity contribution in [2.24, 2.45) is 0 Å². The molecule has 1 saturated heterocycles. The molecule has 0 unspecified atom stereocenters. The van der Waals surface area contributed by atoms with Gasteiger partial charge in [0.1, 0.15) is 6.04 Å². The molecule has 1 aromatic rings. The number of nitrogens with zero attached hydrogens (tertiary/aromatic N) is 3. The normalized spacial score (nSPS) is 18.9. The average molecular weight is 272 g/mol. The largest absolute Gasteiger partial charge is 0.480 e. The second-order valence-electron chi connectivity index (χ2n) is 3.65. The number of hydrogen-bond acceptors (Lipinski definition) is 6. The summed E-state index contributed by atoms with van der Waals surface area (Å²) in [6, 6.07) is -1.13. The van der Waals surface area contributed by atoms with Crippen LogP contribution in [0.3, 0.4) is 0 Å². The first-order chi connectivity index (χ1) is 8.68. The van der Waals surface area contributed by atoms with Crippen molar-refractivity contribution in [3.05, 3.63) is 12.2 Å². The predicted molar refractivity (Wildman–Crippen MR) is 62.0 cm³/mol. The van der Waals surface area contributed by atoms with Crippen molar-refractivity contribution >= 4 is 23.8 Å². The zero-order valence-corrected chi connectivity index (χ0v) is 10.2. The van der Waals surface area contributed by atoms with E-state index >= 15 is 0 Å². The number of carboxylic acids is 1. The van der Waals surface area contributed by atoms with E-state index < -0.39 is 12.0 Å². The monoisotopic (exact) mass is 272 g/mol. The van der Waals surface area contributed by atoms with Gasteiger partial charge in [-0.2, -0.15) is 4.98 Å². The number of hydrogen-bond donors (Lipinski definition) is 2. The summed E-state index contributed by atoms with van der Waals surface area (Å²) < 4.78 is 4.56. The Balaban J connectivity index is 1.79. The fourth-order valence-corrected chi connectivity index (χ4v) is 2.68. The van der Waals surface area contributed by atoms with Gasteiger partial charge in [0.05, 0.1) is 5.88 Å². The molecule has 9 heteroatoms. The first-order valence-electron chi connectivity index (χ1n) is 5.28. The Labute approximate surface area is 107 Å². The number of aromatic nitrogens is 2. The Bertz CT molecular complexity index is 424. The van der Waals surface area contributed by atoms with E-state index in [1.165, 1.54) is 23.1 Å². The van der Waals surface area contributed by atoms with E-state index in [2.05, 4.69) is 20.0 Å². The molecule has 0 bridgehead atoms. The van der Waals surface area contributed by atoms with Crippen molar-refractivity contribution < 1.29 is 19.2 Å². The van der Waals surface area contributed by atoms with E-state index in [0.717, 1.165) is 0 Å². The van der Waals surface area contributed by atoms with Crippen molar-refractivity contribution in [2.45, 2.75) is 12.5 Å². The number of urea groups is 1. The second kappa shape index (κ2) is 5.71. The number of thioether (sulfide) groups is 1. The van der Waals surface area contributed by atoms with E-state index in [0.29, 0.717) is 30.4 Å². The summed E-state index contributed by atoms with van der Waals surface area (Å²) in [6.07, 6.45) is 1.66. The molecule has 0 aliphatic carbocycles. The van der Waals surface area contributed by atoms with Gasteiger partial charge in [-0.1, -0.05) is 5.16 Å². The van der Waals surface area contributed by atoms with Crippen LogP contribution in [0.2, 0.25) is 0 Å². The van der Waals surface area contributed by atoms with Crippen molar-refractivity contribution in [3.63, 3.8) is 0 Å². The van der Waals surface area contributed by atoms with Crippen molar-refractivity contribution in [1.82, 2.24) is 20.4 Å². The van der Waals surface area contributed by atoms with Gasteiger partial charge in [0.2, 0.25) is 6.39 Å². The number of carbonyl (C=O) groups excluding carboxylic acids is 1. The molecule has 98 valence electrons. The molecule has 0 spiro atoms. The molecule has 0 aromatic carbocycles. The highest BCUT2D eigenvalue weighted by Crippen LogP contribution is 2.20. The molecule has 18 heavy (non-hydrogen) atoms. The van der Waals surface area contributed by atoms with Crippen LogP contribution in [0.15, 0.2) is 10.9 Å². The van der Waals surface area contributed by atoms with Crippen molar-refractivity contribution in [1.29, 1.82) is 0 Å². The van der Waals surface area contributed by atoms with Crippen molar-refractivity contribution in [2.75, 3.05) is 18.2 Å². The maximum atomic E-state index is 11.8. The minimum Gasteiger partial charge on any atom is -0.480 e. The molecule has 1 fully saturated rings. The van der Waals surface area contributed by atoms with Gasteiger partial charge in [-0.15, -0.1) is 11.8 Å². The first-order valence-corrected chi connectivity index (χ1v) is 6.44. The zero-order chi connectivity index (χ0) is 13.0. The Morgan fingerprint density at radius 1 is 1.67 bits per heavy atom. The summed E-state index contributed by atoms with van der Waals surface area (Å²) in [4.78, 5) is 27.8. The number of carbonyl (C=O) groups is 2. The molecule has 8 nitrogen and oxygen atoms in total. The summed E-state index contributed by atoms with van der Waals surface area (Å²) in [7, 11) is 0. The van der Waals surface area contributed by atoms with Crippen LogP contribution < -0.4 is 5.32 Å². The molecule has 2 rings (SSSR count). The number of nitrogens with one attached hydrogen (secondary N) is 1. The average Bonchev–Trinajstić information content (AvgIpc) is 2.99. The van der Waals surface area contributed by atoms with E-state index in [4.69, 9.17) is 5.11 Å². The van der Waals surface area contributed by atoms with Gasteiger partial charge in [0, 0.05) is 18.7 Å². The van der Waals surface area contributed by atoms with E-state index in [1.807, 2.05) is 0 Å². The maximum Gasteiger partial charge on any atom is 0.327 e. The third kappa shape index (κ3) is 2.92. The van der Waals surface area contributed by atoms with Gasteiger partial charge in [0.25, 0.3) is 0 Å². The molecule has 1 aliphatic rings. The topological polar surface area (TPSA) is 109 Å². The molecule has 2 N–H and O–H groups in total. The van der Waals surface area contributed by atoms with E-state index in [-0.39, 0.29) is 6.03 Å². The van der Waals surface area contributed by atoms with Crippen LogP contribution in [0, 0.1) is 0 Å². The van der Waals surface area contributed by atoms with Gasteiger partial charge >= 0.3 is 12.0 Å². The summed E-state index contributed by atoms with van der Waals surface area (Å²) in [5.41, 5.74) is 0. The fourth-order valence-electron chi connectivity index (χ4n) is 1.53. The number of rotatable bonds is 4. The highest BCUT2D eigenvalue weighted by Gasteiger charge is 2.34. The highest BCUT2D eigenvalue weighted by atomic mass is 32.2. The van der Waals surface area contributed by atoms with Crippen LogP contribution in [0.5, 0.6) is 0 Å². The van der Waals surface area contributed by atoms with Crippen molar-refractivity contribution in [3.8, 4) is 0 Å². The zero-order valence-electron chi connectivity index (χ0n) is 9.40. The molecular formula is C9H12N4O4S. The summed E-state index contributed by atoms with van der Waals surface area (Å²) in [5.74, 6) is 0.340. The van der Waals surface area contributed by atoms with Gasteiger partial charge in [-0.25, -0.2) is 9.59 Å². The minimum atomic E-state index is -0.978. The Morgan fingerprint density at radius 2 is 2.50 bits per heavy atom. The summed E-state index contributed by atoms with van der Waals surface area (Å²) in [5, 5.41) is 15.2. The van der Waals surface area contributed by atoms with Crippen LogP contribution in [0.4, 0.5) is 4.79 Å². The van der Waals surface area contributed by atoms with E-state index in [1.54, 1.807) is 0 Å². The SMILES string of the molecule is O=C(O)[C@@H]1CSCN1C(=O)NCCc1ncon1. The fraction of sp³-hybridized carbons (Fsp3) is 0.556. The lowest BCUT2D eigenvalue weighted by Crippen LogP contribution is -2.47. The predicted octanol–water partition coefficient (Wildman–Crippen LogP) is -0.219. The molecule has 0 radical (unpaired) electrons. The second-order valence-corrected chi connectivity index (χ2v) is 4.65. The Kier molecular flexibility index (Phi) is 4.03. The molecular weight excluding hydrogens is 260 g/mol. The smallest absolute Gasteiger partial charge is 0.327 e. The van der Waals surface area contributed by atoms with E-state index in [9.17, 15) is 9.59 Å².